The molecule has 0 amide bonds. The molecule has 0 heterocycles. The third kappa shape index (κ3) is 3.71. The summed E-state index contributed by atoms with van der Waals surface area (Å²) in [5.41, 5.74) is 0.689. The molecule has 0 aliphatic heterocycles. The lowest BCUT2D eigenvalue weighted by atomic mass is 10.2. The number of alkyl halides is 1. The fourth-order valence-electron chi connectivity index (χ4n) is 1.55. The zero-order valence-electron chi connectivity index (χ0n) is 9.05. The number of benzene rings is 1. The zero-order valence-corrected chi connectivity index (χ0v) is 9.80. The van der Waals surface area contributed by atoms with Gasteiger partial charge in [-0.15, -0.1) is 11.6 Å². The van der Waals surface area contributed by atoms with E-state index in [1.54, 1.807) is 6.07 Å². The summed E-state index contributed by atoms with van der Waals surface area (Å²) in [7, 11) is 0. The van der Waals surface area contributed by atoms with E-state index in [9.17, 15) is 4.39 Å². The lowest BCUT2D eigenvalue weighted by Gasteiger charge is -2.23. The maximum absolute atomic E-state index is 13.5. The van der Waals surface area contributed by atoms with E-state index in [4.69, 9.17) is 11.6 Å². The minimum Gasteiger partial charge on any atom is -0.369 e. The van der Waals surface area contributed by atoms with E-state index in [0.29, 0.717) is 11.6 Å². The van der Waals surface area contributed by atoms with E-state index in [0.717, 1.165) is 25.9 Å². The van der Waals surface area contributed by atoms with Crippen molar-refractivity contribution in [2.24, 2.45) is 0 Å². The van der Waals surface area contributed by atoms with Gasteiger partial charge in [-0.1, -0.05) is 12.1 Å². The van der Waals surface area contributed by atoms with Gasteiger partial charge in [0.2, 0.25) is 0 Å². The van der Waals surface area contributed by atoms with Crippen LogP contribution in [0.2, 0.25) is 0 Å². The van der Waals surface area contributed by atoms with Gasteiger partial charge < -0.3 is 4.90 Å². The third-order valence-electron chi connectivity index (χ3n) is 2.39. The lowest BCUT2D eigenvalue weighted by Crippen LogP contribution is -2.24. The smallest absolute Gasteiger partial charge is 0.146 e. The molecule has 84 valence electrons. The zero-order chi connectivity index (χ0) is 11.1. The Balaban J connectivity index is 2.61. The van der Waals surface area contributed by atoms with Crippen molar-refractivity contribution in [1.82, 2.24) is 0 Å². The number of halogens is 2. The molecule has 15 heavy (non-hydrogen) atoms. The Morgan fingerprint density at radius 2 is 2.00 bits per heavy atom. The van der Waals surface area contributed by atoms with Crippen LogP contribution in [0.15, 0.2) is 24.3 Å². The predicted octanol–water partition coefficient (Wildman–Crippen LogP) is 3.67. The topological polar surface area (TPSA) is 3.24 Å². The Bertz CT molecular complexity index is 291. The molecule has 1 aromatic rings. The Hall–Kier alpha value is -0.760. The van der Waals surface area contributed by atoms with Crippen LogP contribution in [0.1, 0.15) is 19.8 Å². The summed E-state index contributed by atoms with van der Waals surface area (Å²) >= 11 is 5.61. The molecule has 0 saturated carbocycles. The predicted molar refractivity (Wildman–Crippen MR) is 64.2 cm³/mol. The summed E-state index contributed by atoms with van der Waals surface area (Å²) in [6.07, 6.45) is 1.98. The molecular formula is C12H17ClFN. The molecule has 0 aliphatic rings. The number of hydrogen-bond acceptors (Lipinski definition) is 1. The molecule has 0 saturated heterocycles. The number of para-hydroxylation sites is 1. The minimum atomic E-state index is -0.148. The van der Waals surface area contributed by atoms with Gasteiger partial charge in [0.05, 0.1) is 5.69 Å². The fourth-order valence-corrected chi connectivity index (χ4v) is 1.74. The van der Waals surface area contributed by atoms with Crippen LogP contribution in [0.5, 0.6) is 0 Å². The van der Waals surface area contributed by atoms with Crippen molar-refractivity contribution in [2.75, 3.05) is 23.9 Å². The molecule has 0 N–H and O–H groups in total. The van der Waals surface area contributed by atoms with Crippen LogP contribution in [-0.2, 0) is 0 Å². The van der Waals surface area contributed by atoms with Gasteiger partial charge in [0.1, 0.15) is 5.82 Å². The molecule has 3 heteroatoms. The molecule has 1 nitrogen and oxygen atoms in total. The van der Waals surface area contributed by atoms with Gasteiger partial charge in [-0.25, -0.2) is 4.39 Å². The molecule has 0 bridgehead atoms. The highest BCUT2D eigenvalue weighted by atomic mass is 35.5. The maximum atomic E-state index is 13.5. The second-order valence-electron chi connectivity index (χ2n) is 3.43. The molecule has 0 fully saturated rings. The molecule has 0 radical (unpaired) electrons. The van der Waals surface area contributed by atoms with Crippen molar-refractivity contribution in [3.63, 3.8) is 0 Å². The van der Waals surface area contributed by atoms with Crippen molar-refractivity contribution < 1.29 is 4.39 Å². The number of unbranched alkanes of at least 4 members (excludes halogenated alkanes) is 1. The summed E-state index contributed by atoms with van der Waals surface area (Å²) in [4.78, 5) is 2.04. The third-order valence-corrected chi connectivity index (χ3v) is 2.65. The Kier molecular flexibility index (Phi) is 5.48. The Labute approximate surface area is 95.8 Å². The first-order valence-corrected chi connectivity index (χ1v) is 5.88. The molecule has 0 atom stereocenters. The van der Waals surface area contributed by atoms with Crippen molar-refractivity contribution in [1.29, 1.82) is 0 Å². The van der Waals surface area contributed by atoms with E-state index >= 15 is 0 Å². The summed E-state index contributed by atoms with van der Waals surface area (Å²) in [5.74, 6) is 0.527. The number of hydrogen-bond donors (Lipinski definition) is 0. The van der Waals surface area contributed by atoms with E-state index < -0.39 is 0 Å². The van der Waals surface area contributed by atoms with Crippen LogP contribution < -0.4 is 4.90 Å². The molecular weight excluding hydrogens is 213 g/mol. The second-order valence-corrected chi connectivity index (χ2v) is 3.81. The second kappa shape index (κ2) is 6.67. The van der Waals surface area contributed by atoms with E-state index in [1.165, 1.54) is 6.07 Å². The molecule has 0 aromatic heterocycles. The molecule has 1 aromatic carbocycles. The summed E-state index contributed by atoms with van der Waals surface area (Å²) in [6.45, 7) is 3.72. The van der Waals surface area contributed by atoms with Crippen LogP contribution in [0.3, 0.4) is 0 Å². The molecule has 0 spiro atoms. The summed E-state index contributed by atoms with van der Waals surface area (Å²) < 4.78 is 13.5. The van der Waals surface area contributed by atoms with Crippen LogP contribution in [-0.4, -0.2) is 19.0 Å². The van der Waals surface area contributed by atoms with Crippen LogP contribution >= 0.6 is 11.6 Å². The SMILES string of the molecule is CCN(CCCCCl)c1ccccc1F. The number of rotatable bonds is 6. The van der Waals surface area contributed by atoms with Crippen molar-refractivity contribution >= 4 is 17.3 Å². The molecule has 0 unspecified atom stereocenters. The van der Waals surface area contributed by atoms with Gasteiger partial charge in [-0.3, -0.25) is 0 Å². The van der Waals surface area contributed by atoms with Crippen molar-refractivity contribution in [3.8, 4) is 0 Å². The first kappa shape index (κ1) is 12.3. The summed E-state index contributed by atoms with van der Waals surface area (Å²) in [6, 6.07) is 6.90. The van der Waals surface area contributed by atoms with Crippen LogP contribution in [0, 0.1) is 5.82 Å². The van der Waals surface area contributed by atoms with Crippen molar-refractivity contribution in [2.45, 2.75) is 19.8 Å². The van der Waals surface area contributed by atoms with E-state index in [1.807, 2.05) is 24.0 Å². The highest BCUT2D eigenvalue weighted by Crippen LogP contribution is 2.18. The minimum absolute atomic E-state index is 0.148. The van der Waals surface area contributed by atoms with E-state index in [-0.39, 0.29) is 5.82 Å². The number of anilines is 1. The van der Waals surface area contributed by atoms with Crippen molar-refractivity contribution in [3.05, 3.63) is 30.1 Å². The van der Waals surface area contributed by atoms with Gasteiger partial charge in [0.25, 0.3) is 0 Å². The molecule has 0 aliphatic carbocycles. The first-order valence-electron chi connectivity index (χ1n) is 5.35. The molecule has 1 rings (SSSR count). The van der Waals surface area contributed by atoms with Gasteiger partial charge >= 0.3 is 0 Å². The van der Waals surface area contributed by atoms with Gasteiger partial charge in [0, 0.05) is 19.0 Å². The maximum Gasteiger partial charge on any atom is 0.146 e. The Morgan fingerprint density at radius 1 is 1.27 bits per heavy atom. The Morgan fingerprint density at radius 3 is 2.60 bits per heavy atom. The van der Waals surface area contributed by atoms with Crippen LogP contribution in [0.4, 0.5) is 10.1 Å². The number of nitrogens with zero attached hydrogens (tertiary/aromatic N) is 1. The average molecular weight is 230 g/mol. The normalized spacial score (nSPS) is 10.3. The van der Waals surface area contributed by atoms with Crippen LogP contribution in [0.25, 0.3) is 0 Å². The fraction of sp³-hybridized carbons (Fsp3) is 0.500. The summed E-state index contributed by atoms with van der Waals surface area (Å²) in [5, 5.41) is 0. The highest BCUT2D eigenvalue weighted by Gasteiger charge is 2.07. The highest BCUT2D eigenvalue weighted by molar-refractivity contribution is 6.17. The quantitative estimate of drug-likeness (QED) is 0.532. The standard InChI is InChI=1S/C12H17ClFN/c1-2-15(10-6-5-9-13)12-8-4-3-7-11(12)14/h3-4,7-8H,2,5-6,9-10H2,1H3. The van der Waals surface area contributed by atoms with Gasteiger partial charge in [0.15, 0.2) is 0 Å². The first-order chi connectivity index (χ1) is 7.29. The average Bonchev–Trinajstić information content (AvgIpc) is 2.26. The largest absolute Gasteiger partial charge is 0.369 e. The monoisotopic (exact) mass is 229 g/mol. The van der Waals surface area contributed by atoms with E-state index in [2.05, 4.69) is 0 Å². The van der Waals surface area contributed by atoms with Gasteiger partial charge in [-0.05, 0) is 31.9 Å². The van der Waals surface area contributed by atoms with Gasteiger partial charge in [-0.2, -0.15) is 0 Å². The lowest BCUT2D eigenvalue weighted by molar-refractivity contribution is 0.614.